The first-order chi connectivity index (χ1) is 22.1. The van der Waals surface area contributed by atoms with Crippen LogP contribution in [-0.4, -0.2) is 58.7 Å². The number of nitrogens with zero attached hydrogens (tertiary/aromatic N) is 3. The summed E-state index contributed by atoms with van der Waals surface area (Å²) in [6.07, 6.45) is 1.32. The third kappa shape index (κ3) is 8.35. The number of nitro benzene ring substituents is 1. The molecule has 0 saturated carbocycles. The number of anilines is 2. The van der Waals surface area contributed by atoms with Crippen LogP contribution in [0.5, 0.6) is 17.2 Å². The minimum Gasteiger partial charge on any atom is -0.497 e. The Morgan fingerprint density at radius 2 is 1.57 bits per heavy atom. The highest BCUT2D eigenvalue weighted by Crippen LogP contribution is 2.37. The van der Waals surface area contributed by atoms with Crippen LogP contribution in [0, 0.1) is 10.1 Å². The molecule has 0 bridgehead atoms. The zero-order valence-corrected chi connectivity index (χ0v) is 25.5. The minimum atomic E-state index is -4.67. The van der Waals surface area contributed by atoms with Crippen molar-refractivity contribution in [2.75, 3.05) is 37.0 Å². The van der Waals surface area contributed by atoms with E-state index >= 15 is 0 Å². The molecule has 4 rings (SSSR count). The van der Waals surface area contributed by atoms with Crippen molar-refractivity contribution >= 4 is 45.1 Å². The summed E-state index contributed by atoms with van der Waals surface area (Å²) in [5, 5.41) is 18.3. The van der Waals surface area contributed by atoms with Crippen LogP contribution in [0.3, 0.4) is 0 Å². The molecule has 0 unspecified atom stereocenters. The van der Waals surface area contributed by atoms with E-state index in [1.807, 2.05) is 6.07 Å². The molecule has 0 spiro atoms. The molecule has 2 amide bonds. The van der Waals surface area contributed by atoms with Crippen molar-refractivity contribution in [3.8, 4) is 17.2 Å². The Bertz CT molecular complexity index is 1830. The van der Waals surface area contributed by atoms with E-state index in [1.165, 1.54) is 50.8 Å². The summed E-state index contributed by atoms with van der Waals surface area (Å²) in [6.45, 7) is -1.00. The fraction of sp³-hybridized carbons (Fsp3) is 0.129. The van der Waals surface area contributed by atoms with Gasteiger partial charge in [0.25, 0.3) is 27.5 Å². The monoisotopic (exact) mass is 647 g/mol. The van der Waals surface area contributed by atoms with E-state index in [0.29, 0.717) is 27.1 Å². The lowest BCUT2D eigenvalue weighted by molar-refractivity contribution is -0.387. The SMILES string of the molecule is COc1ccc(N(CC(=O)N/N=C\c2ccc(OCC(=O)Nc3ccccc3)cc2)S(=O)(=O)c2ccccc2[N+](=O)[O-])c(OC)c1. The number of carbonyl (C=O) groups is 2. The summed E-state index contributed by atoms with van der Waals surface area (Å²) in [5.74, 6) is -0.360. The molecule has 0 atom stereocenters. The average Bonchev–Trinajstić information content (AvgIpc) is 3.07. The van der Waals surface area contributed by atoms with E-state index < -0.39 is 38.0 Å². The number of methoxy groups -OCH3 is 2. The van der Waals surface area contributed by atoms with Crippen LogP contribution >= 0.6 is 0 Å². The first-order valence-corrected chi connectivity index (χ1v) is 14.9. The predicted molar refractivity (Wildman–Crippen MR) is 170 cm³/mol. The van der Waals surface area contributed by atoms with Gasteiger partial charge in [-0.2, -0.15) is 5.10 Å². The molecule has 0 saturated heterocycles. The summed E-state index contributed by atoms with van der Waals surface area (Å²) in [5.41, 5.74) is 2.75. The van der Waals surface area contributed by atoms with Gasteiger partial charge in [0.15, 0.2) is 11.5 Å². The quantitative estimate of drug-likeness (QED) is 0.116. The fourth-order valence-corrected chi connectivity index (χ4v) is 5.69. The smallest absolute Gasteiger partial charge is 0.289 e. The molecule has 15 heteroatoms. The number of hydrogen-bond donors (Lipinski definition) is 2. The van der Waals surface area contributed by atoms with Crippen LogP contribution in [-0.2, 0) is 19.6 Å². The number of amides is 2. The van der Waals surface area contributed by atoms with Gasteiger partial charge in [0.1, 0.15) is 23.8 Å². The highest BCUT2D eigenvalue weighted by atomic mass is 32.2. The minimum absolute atomic E-state index is 0.0395. The first-order valence-electron chi connectivity index (χ1n) is 13.5. The second kappa shape index (κ2) is 15.2. The molecule has 0 aliphatic carbocycles. The van der Waals surface area contributed by atoms with Crippen molar-refractivity contribution in [2.24, 2.45) is 5.10 Å². The van der Waals surface area contributed by atoms with Gasteiger partial charge in [0, 0.05) is 17.8 Å². The molecular formula is C31H29N5O9S. The number of carbonyl (C=O) groups excluding carboxylic acids is 2. The molecule has 4 aromatic carbocycles. The van der Waals surface area contributed by atoms with Crippen molar-refractivity contribution in [1.29, 1.82) is 0 Å². The zero-order valence-electron chi connectivity index (χ0n) is 24.7. The molecule has 0 heterocycles. The van der Waals surface area contributed by atoms with Gasteiger partial charge in [-0.1, -0.05) is 30.3 Å². The maximum absolute atomic E-state index is 13.8. The Morgan fingerprint density at radius 3 is 2.24 bits per heavy atom. The number of hydrazone groups is 1. The summed E-state index contributed by atoms with van der Waals surface area (Å²) >= 11 is 0. The average molecular weight is 648 g/mol. The fourth-order valence-electron chi connectivity index (χ4n) is 4.10. The summed E-state index contributed by atoms with van der Waals surface area (Å²) in [7, 11) is -1.96. The third-order valence-electron chi connectivity index (χ3n) is 6.28. The number of sulfonamides is 1. The van der Waals surface area contributed by atoms with Crippen LogP contribution < -0.4 is 29.3 Å². The van der Waals surface area contributed by atoms with Gasteiger partial charge in [0.05, 0.1) is 31.0 Å². The molecule has 238 valence electrons. The molecule has 2 N–H and O–H groups in total. The Balaban J connectivity index is 1.46. The number of rotatable bonds is 14. The number of nitrogens with one attached hydrogen (secondary N) is 2. The van der Waals surface area contributed by atoms with Crippen molar-refractivity contribution in [3.63, 3.8) is 0 Å². The van der Waals surface area contributed by atoms with Crippen molar-refractivity contribution in [3.05, 3.63) is 113 Å². The molecule has 0 radical (unpaired) electrons. The lowest BCUT2D eigenvalue weighted by Gasteiger charge is -2.25. The van der Waals surface area contributed by atoms with E-state index in [9.17, 15) is 28.1 Å². The summed E-state index contributed by atoms with van der Waals surface area (Å²) < 4.78 is 44.3. The van der Waals surface area contributed by atoms with Crippen LogP contribution in [0.1, 0.15) is 5.56 Å². The van der Waals surface area contributed by atoms with Gasteiger partial charge >= 0.3 is 0 Å². The highest BCUT2D eigenvalue weighted by molar-refractivity contribution is 7.93. The van der Waals surface area contributed by atoms with Crippen molar-refractivity contribution in [1.82, 2.24) is 5.43 Å². The molecular weight excluding hydrogens is 618 g/mol. The maximum Gasteiger partial charge on any atom is 0.289 e. The molecule has 0 aliphatic heterocycles. The van der Waals surface area contributed by atoms with Gasteiger partial charge < -0.3 is 19.5 Å². The first kappa shape index (κ1) is 32.9. The van der Waals surface area contributed by atoms with E-state index in [4.69, 9.17) is 14.2 Å². The Labute approximate surface area is 264 Å². The number of ether oxygens (including phenoxy) is 3. The molecule has 0 aliphatic rings. The lowest BCUT2D eigenvalue weighted by Crippen LogP contribution is -2.40. The van der Waals surface area contributed by atoms with Gasteiger partial charge in [-0.25, -0.2) is 13.8 Å². The molecule has 46 heavy (non-hydrogen) atoms. The number of nitro groups is 1. The largest absolute Gasteiger partial charge is 0.497 e. The Kier molecular flexibility index (Phi) is 10.9. The van der Waals surface area contributed by atoms with Gasteiger partial charge in [-0.05, 0) is 60.2 Å². The van der Waals surface area contributed by atoms with E-state index in [0.717, 1.165) is 12.1 Å². The predicted octanol–water partition coefficient (Wildman–Crippen LogP) is 3.98. The number of hydrogen-bond acceptors (Lipinski definition) is 10. The Morgan fingerprint density at radius 1 is 0.891 bits per heavy atom. The highest BCUT2D eigenvalue weighted by Gasteiger charge is 2.34. The van der Waals surface area contributed by atoms with E-state index in [-0.39, 0.29) is 24.0 Å². The third-order valence-corrected chi connectivity index (χ3v) is 8.09. The van der Waals surface area contributed by atoms with Crippen LogP contribution in [0.2, 0.25) is 0 Å². The van der Waals surface area contributed by atoms with Crippen LogP contribution in [0.4, 0.5) is 17.1 Å². The van der Waals surface area contributed by atoms with Crippen LogP contribution in [0.25, 0.3) is 0 Å². The van der Waals surface area contributed by atoms with Gasteiger partial charge in [-0.15, -0.1) is 0 Å². The second-order valence-corrected chi connectivity index (χ2v) is 11.2. The standard InChI is InChI=1S/C31H29N5O9S/c1-43-25-16-17-26(28(18-25)44-2)35(46(41,42)29-11-7-6-10-27(29)36(39)40)20-30(37)34-32-19-22-12-14-24(15-13-22)45-21-31(38)33-23-8-4-3-5-9-23/h3-19H,20-21H2,1-2H3,(H,33,38)(H,34,37)/b32-19-. The normalized spacial score (nSPS) is 11.0. The van der Waals surface area contributed by atoms with Gasteiger partial charge in [-0.3, -0.25) is 24.0 Å². The summed E-state index contributed by atoms with van der Waals surface area (Å²) in [4.78, 5) is 35.3. The topological polar surface area (TPSA) is 179 Å². The molecule has 0 aromatic heterocycles. The molecule has 4 aromatic rings. The van der Waals surface area contributed by atoms with Gasteiger partial charge in [0.2, 0.25) is 0 Å². The van der Waals surface area contributed by atoms with Crippen molar-refractivity contribution < 1.29 is 37.1 Å². The second-order valence-electron chi connectivity index (χ2n) is 9.34. The maximum atomic E-state index is 13.8. The van der Waals surface area contributed by atoms with E-state index in [2.05, 4.69) is 15.8 Å². The van der Waals surface area contributed by atoms with Crippen LogP contribution in [0.15, 0.2) is 107 Å². The van der Waals surface area contributed by atoms with E-state index in [1.54, 1.807) is 48.5 Å². The molecule has 14 nitrogen and oxygen atoms in total. The number of para-hydroxylation sites is 2. The van der Waals surface area contributed by atoms with Crippen molar-refractivity contribution in [2.45, 2.75) is 4.90 Å². The zero-order chi connectivity index (χ0) is 33.1. The lowest BCUT2D eigenvalue weighted by atomic mass is 10.2. The Hall–Kier alpha value is -5.96. The molecule has 0 fully saturated rings. The number of benzene rings is 4. The summed E-state index contributed by atoms with van der Waals surface area (Å²) in [6, 6.07) is 24.5.